The molecule has 0 saturated carbocycles. The highest BCUT2D eigenvalue weighted by atomic mass is 35.5. The van der Waals surface area contributed by atoms with Gasteiger partial charge >= 0.3 is 0 Å². The number of thiophene rings is 1. The molecule has 1 amide bonds. The molecular weight excluding hydrogens is 232 g/mol. The summed E-state index contributed by atoms with van der Waals surface area (Å²) < 4.78 is 0. The van der Waals surface area contributed by atoms with E-state index in [9.17, 15) is 4.79 Å². The minimum Gasteiger partial charge on any atom is -0.352 e. The maximum atomic E-state index is 11.3. The van der Waals surface area contributed by atoms with Gasteiger partial charge in [-0.15, -0.1) is 12.4 Å². The van der Waals surface area contributed by atoms with Crippen molar-refractivity contribution in [1.29, 1.82) is 0 Å². The van der Waals surface area contributed by atoms with Gasteiger partial charge in [0.05, 0.1) is 0 Å². The minimum atomic E-state index is 0. The van der Waals surface area contributed by atoms with E-state index < -0.39 is 0 Å². The number of nitrogens with one attached hydrogen (secondary N) is 2. The van der Waals surface area contributed by atoms with Gasteiger partial charge in [-0.1, -0.05) is 0 Å². The molecule has 0 spiro atoms. The zero-order valence-electron chi connectivity index (χ0n) is 8.79. The van der Waals surface area contributed by atoms with Gasteiger partial charge in [0.25, 0.3) is 0 Å². The van der Waals surface area contributed by atoms with Crippen LogP contribution in [0.1, 0.15) is 18.4 Å². The predicted octanol–water partition coefficient (Wildman–Crippen LogP) is 1.79. The molecule has 5 heteroatoms. The first-order valence-corrected chi connectivity index (χ1v) is 5.69. The first kappa shape index (κ1) is 14.4. The first-order chi connectivity index (χ1) is 6.83. The fraction of sp³-hybridized carbons (Fsp3) is 0.500. The third kappa shape index (κ3) is 6.49. The van der Waals surface area contributed by atoms with Crippen LogP contribution in [-0.4, -0.2) is 19.5 Å². The fourth-order valence-electron chi connectivity index (χ4n) is 1.11. The van der Waals surface area contributed by atoms with Gasteiger partial charge in [-0.05, 0) is 42.4 Å². The molecule has 1 heterocycles. The monoisotopic (exact) mass is 248 g/mol. The van der Waals surface area contributed by atoms with E-state index in [-0.39, 0.29) is 18.3 Å². The second kappa shape index (κ2) is 8.71. The number of amides is 1. The van der Waals surface area contributed by atoms with Crippen molar-refractivity contribution >= 4 is 29.7 Å². The van der Waals surface area contributed by atoms with E-state index in [0.29, 0.717) is 13.0 Å². The van der Waals surface area contributed by atoms with Crippen molar-refractivity contribution in [3.63, 3.8) is 0 Å². The summed E-state index contributed by atoms with van der Waals surface area (Å²) in [5, 5.41) is 9.96. The lowest BCUT2D eigenvalue weighted by Crippen LogP contribution is -2.23. The van der Waals surface area contributed by atoms with Crippen molar-refractivity contribution < 1.29 is 4.79 Å². The van der Waals surface area contributed by atoms with Gasteiger partial charge in [0, 0.05) is 13.0 Å². The van der Waals surface area contributed by atoms with E-state index >= 15 is 0 Å². The van der Waals surface area contributed by atoms with Crippen LogP contribution >= 0.6 is 23.7 Å². The van der Waals surface area contributed by atoms with Gasteiger partial charge in [0.1, 0.15) is 0 Å². The summed E-state index contributed by atoms with van der Waals surface area (Å²) >= 11 is 1.65. The molecule has 1 rings (SSSR count). The van der Waals surface area contributed by atoms with Gasteiger partial charge in [0.2, 0.25) is 5.91 Å². The molecule has 0 bridgehead atoms. The molecule has 86 valence electrons. The molecule has 0 radical (unpaired) electrons. The molecular formula is C10H17ClN2OS. The normalized spacial score (nSPS) is 9.40. The Morgan fingerprint density at radius 3 is 2.93 bits per heavy atom. The topological polar surface area (TPSA) is 41.1 Å². The summed E-state index contributed by atoms with van der Waals surface area (Å²) in [5.41, 5.74) is 1.18. The van der Waals surface area contributed by atoms with Gasteiger partial charge in [-0.3, -0.25) is 4.79 Å². The molecule has 2 N–H and O–H groups in total. The largest absolute Gasteiger partial charge is 0.352 e. The second-order valence-corrected chi connectivity index (χ2v) is 3.90. The summed E-state index contributed by atoms with van der Waals surface area (Å²) in [7, 11) is 1.89. The van der Waals surface area contributed by atoms with Crippen LogP contribution in [0.25, 0.3) is 0 Å². The first-order valence-electron chi connectivity index (χ1n) is 4.75. The molecule has 0 fully saturated rings. The molecule has 0 aromatic carbocycles. The average molecular weight is 249 g/mol. The standard InChI is InChI=1S/C10H16N2OS.ClH/c1-11-5-2-3-10(13)12-7-9-4-6-14-8-9;/h4,6,8,11H,2-3,5,7H2,1H3,(H,12,13);1H. The molecule has 0 atom stereocenters. The maximum absolute atomic E-state index is 11.3. The minimum absolute atomic E-state index is 0. The van der Waals surface area contributed by atoms with Gasteiger partial charge in [-0.25, -0.2) is 0 Å². The molecule has 0 unspecified atom stereocenters. The lowest BCUT2D eigenvalue weighted by molar-refractivity contribution is -0.121. The number of hydrogen-bond acceptors (Lipinski definition) is 3. The second-order valence-electron chi connectivity index (χ2n) is 3.12. The highest BCUT2D eigenvalue weighted by Crippen LogP contribution is 2.04. The van der Waals surface area contributed by atoms with Crippen molar-refractivity contribution in [2.75, 3.05) is 13.6 Å². The Hall–Kier alpha value is -0.580. The number of halogens is 1. The van der Waals surface area contributed by atoms with E-state index in [1.54, 1.807) is 11.3 Å². The molecule has 3 nitrogen and oxygen atoms in total. The van der Waals surface area contributed by atoms with Crippen LogP contribution in [0.3, 0.4) is 0 Å². The van der Waals surface area contributed by atoms with Crippen molar-refractivity contribution in [2.24, 2.45) is 0 Å². The Bertz CT molecular complexity index is 264. The molecule has 1 aromatic rings. The average Bonchev–Trinajstić information content (AvgIpc) is 2.68. The third-order valence-corrected chi connectivity index (χ3v) is 2.63. The highest BCUT2D eigenvalue weighted by molar-refractivity contribution is 7.07. The fourth-order valence-corrected chi connectivity index (χ4v) is 1.78. The Balaban J connectivity index is 0.00000196. The number of carbonyl (C=O) groups excluding carboxylic acids is 1. The molecule has 0 aliphatic rings. The van der Waals surface area contributed by atoms with E-state index in [1.165, 1.54) is 5.56 Å². The van der Waals surface area contributed by atoms with E-state index in [0.717, 1.165) is 13.0 Å². The maximum Gasteiger partial charge on any atom is 0.220 e. The van der Waals surface area contributed by atoms with Crippen LogP contribution in [0.4, 0.5) is 0 Å². The molecule has 15 heavy (non-hydrogen) atoms. The van der Waals surface area contributed by atoms with Gasteiger partial charge < -0.3 is 10.6 Å². The van der Waals surface area contributed by atoms with Gasteiger partial charge in [0.15, 0.2) is 0 Å². The van der Waals surface area contributed by atoms with Crippen LogP contribution in [0.15, 0.2) is 16.8 Å². The molecule has 1 aromatic heterocycles. The Morgan fingerprint density at radius 1 is 1.53 bits per heavy atom. The summed E-state index contributed by atoms with van der Waals surface area (Å²) in [6, 6.07) is 2.03. The molecule has 0 saturated heterocycles. The smallest absolute Gasteiger partial charge is 0.220 e. The Labute approximate surface area is 101 Å². The van der Waals surface area contributed by atoms with Crippen LogP contribution in [0.5, 0.6) is 0 Å². The number of hydrogen-bond donors (Lipinski definition) is 2. The summed E-state index contributed by atoms with van der Waals surface area (Å²) in [5.74, 6) is 0.131. The van der Waals surface area contributed by atoms with Crippen molar-refractivity contribution in [3.8, 4) is 0 Å². The summed E-state index contributed by atoms with van der Waals surface area (Å²) in [6.07, 6.45) is 1.50. The summed E-state index contributed by atoms with van der Waals surface area (Å²) in [6.45, 7) is 1.55. The van der Waals surface area contributed by atoms with E-state index in [4.69, 9.17) is 0 Å². The molecule has 0 aliphatic carbocycles. The zero-order valence-corrected chi connectivity index (χ0v) is 10.4. The van der Waals surface area contributed by atoms with E-state index in [1.807, 2.05) is 23.9 Å². The van der Waals surface area contributed by atoms with Crippen molar-refractivity contribution in [3.05, 3.63) is 22.4 Å². The molecule has 0 aliphatic heterocycles. The lowest BCUT2D eigenvalue weighted by atomic mass is 10.3. The lowest BCUT2D eigenvalue weighted by Gasteiger charge is -2.03. The Morgan fingerprint density at radius 2 is 2.33 bits per heavy atom. The van der Waals surface area contributed by atoms with Crippen LogP contribution in [-0.2, 0) is 11.3 Å². The van der Waals surface area contributed by atoms with Gasteiger partial charge in [-0.2, -0.15) is 11.3 Å². The predicted molar refractivity (Wildman–Crippen MR) is 66.6 cm³/mol. The van der Waals surface area contributed by atoms with Crippen LogP contribution < -0.4 is 10.6 Å². The van der Waals surface area contributed by atoms with Crippen molar-refractivity contribution in [2.45, 2.75) is 19.4 Å². The van der Waals surface area contributed by atoms with Crippen LogP contribution in [0.2, 0.25) is 0 Å². The SMILES string of the molecule is CNCCCC(=O)NCc1ccsc1.Cl. The third-order valence-electron chi connectivity index (χ3n) is 1.90. The number of carbonyl (C=O) groups is 1. The quantitative estimate of drug-likeness (QED) is 0.754. The van der Waals surface area contributed by atoms with Crippen molar-refractivity contribution in [1.82, 2.24) is 10.6 Å². The van der Waals surface area contributed by atoms with Crippen LogP contribution in [0, 0.1) is 0 Å². The Kier molecular flexibility index (Phi) is 8.37. The summed E-state index contributed by atoms with van der Waals surface area (Å²) in [4.78, 5) is 11.3. The zero-order chi connectivity index (χ0) is 10.2. The highest BCUT2D eigenvalue weighted by Gasteiger charge is 2.00. The van der Waals surface area contributed by atoms with E-state index in [2.05, 4.69) is 10.6 Å². The number of rotatable bonds is 6.